The molecule has 3 rings (SSSR count). The lowest BCUT2D eigenvalue weighted by atomic mass is 10.1. The number of nitrogens with one attached hydrogen (secondary N) is 1. The lowest BCUT2D eigenvalue weighted by Gasteiger charge is -2.09. The molecule has 0 aliphatic carbocycles. The Morgan fingerprint density at radius 2 is 1.79 bits per heavy atom. The van der Waals surface area contributed by atoms with Crippen LogP contribution in [0.3, 0.4) is 0 Å². The zero-order valence-electron chi connectivity index (χ0n) is 13.4. The van der Waals surface area contributed by atoms with Crippen LogP contribution in [0.1, 0.15) is 16.8 Å². The first-order chi connectivity index (χ1) is 11.5. The average Bonchev–Trinajstić information content (AvgIpc) is 2.84. The predicted octanol–water partition coefficient (Wildman–Crippen LogP) is 2.84. The van der Waals surface area contributed by atoms with Crippen molar-refractivity contribution in [2.75, 3.05) is 0 Å². The molecule has 1 N–H and O–H groups in total. The summed E-state index contributed by atoms with van der Waals surface area (Å²) in [6.45, 7) is 2.14. The molecule has 0 bridgehead atoms. The fraction of sp³-hybridized carbons (Fsp3) is 0.167. The third-order valence-electron chi connectivity index (χ3n) is 4.27. The van der Waals surface area contributed by atoms with Gasteiger partial charge in [-0.15, -0.1) is 0 Å². The maximum absolute atomic E-state index is 12.6. The zero-order chi connectivity index (χ0) is 17.3. The van der Waals surface area contributed by atoms with Gasteiger partial charge in [-0.2, -0.15) is 5.26 Å². The minimum atomic E-state index is -3.76. The Bertz CT molecular complexity index is 1060. The van der Waals surface area contributed by atoms with Crippen molar-refractivity contribution < 1.29 is 8.42 Å². The Morgan fingerprint density at radius 1 is 1.12 bits per heavy atom. The molecule has 24 heavy (non-hydrogen) atoms. The maximum Gasteiger partial charge on any atom is 0.242 e. The summed E-state index contributed by atoms with van der Waals surface area (Å²) in [6, 6.07) is 16.0. The van der Waals surface area contributed by atoms with Gasteiger partial charge in [-0.25, -0.2) is 13.1 Å². The molecule has 5 nitrogen and oxygen atoms in total. The molecule has 3 aromatic rings. The lowest BCUT2D eigenvalue weighted by Crippen LogP contribution is -2.24. The van der Waals surface area contributed by atoms with Crippen LogP contribution >= 0.6 is 0 Å². The van der Waals surface area contributed by atoms with E-state index in [1.807, 2.05) is 48.9 Å². The smallest absolute Gasteiger partial charge is 0.242 e. The van der Waals surface area contributed by atoms with Crippen LogP contribution in [0.4, 0.5) is 0 Å². The number of aryl methyl sites for hydroxylation is 1. The number of aromatic nitrogens is 1. The van der Waals surface area contributed by atoms with Crippen LogP contribution in [0.2, 0.25) is 0 Å². The van der Waals surface area contributed by atoms with Crippen LogP contribution in [0.15, 0.2) is 53.4 Å². The van der Waals surface area contributed by atoms with Gasteiger partial charge in [0.05, 0.1) is 10.5 Å². The van der Waals surface area contributed by atoms with Gasteiger partial charge in [-0.1, -0.05) is 30.3 Å². The summed E-state index contributed by atoms with van der Waals surface area (Å²) in [5.41, 5.74) is 3.14. The number of hydrogen-bond donors (Lipinski definition) is 1. The quantitative estimate of drug-likeness (QED) is 0.794. The molecule has 0 amide bonds. The molecule has 0 unspecified atom stereocenters. The van der Waals surface area contributed by atoms with Gasteiger partial charge in [0, 0.05) is 30.2 Å². The first-order valence-corrected chi connectivity index (χ1v) is 8.95. The molecule has 0 saturated heterocycles. The number of fused-ring (bicyclic) bond motifs is 1. The fourth-order valence-electron chi connectivity index (χ4n) is 2.86. The Kier molecular flexibility index (Phi) is 4.14. The van der Waals surface area contributed by atoms with Crippen molar-refractivity contribution in [3.63, 3.8) is 0 Å². The van der Waals surface area contributed by atoms with Crippen molar-refractivity contribution in [1.29, 1.82) is 5.26 Å². The molecule has 0 fully saturated rings. The van der Waals surface area contributed by atoms with Crippen molar-refractivity contribution in [2.45, 2.75) is 18.4 Å². The van der Waals surface area contributed by atoms with E-state index in [4.69, 9.17) is 5.26 Å². The summed E-state index contributed by atoms with van der Waals surface area (Å²) < 4.78 is 29.8. The second kappa shape index (κ2) is 6.11. The first kappa shape index (κ1) is 16.2. The molecule has 0 spiro atoms. The van der Waals surface area contributed by atoms with Crippen molar-refractivity contribution in [3.8, 4) is 6.07 Å². The number of nitriles is 1. The van der Waals surface area contributed by atoms with E-state index in [0.29, 0.717) is 0 Å². The van der Waals surface area contributed by atoms with Gasteiger partial charge in [0.2, 0.25) is 10.0 Å². The Balaban J connectivity index is 1.97. The third kappa shape index (κ3) is 2.68. The summed E-state index contributed by atoms with van der Waals surface area (Å²) in [5.74, 6) is 0. The van der Waals surface area contributed by atoms with Gasteiger partial charge >= 0.3 is 0 Å². The van der Waals surface area contributed by atoms with Gasteiger partial charge in [0.25, 0.3) is 0 Å². The summed E-state index contributed by atoms with van der Waals surface area (Å²) >= 11 is 0. The molecule has 0 aliphatic heterocycles. The van der Waals surface area contributed by atoms with Crippen LogP contribution in [0.25, 0.3) is 10.9 Å². The maximum atomic E-state index is 12.6. The monoisotopic (exact) mass is 339 g/mol. The van der Waals surface area contributed by atoms with E-state index >= 15 is 0 Å². The van der Waals surface area contributed by atoms with Crippen LogP contribution in [0, 0.1) is 18.3 Å². The highest BCUT2D eigenvalue weighted by atomic mass is 32.2. The fourth-order valence-corrected chi connectivity index (χ4v) is 4.01. The third-order valence-corrected chi connectivity index (χ3v) is 5.73. The minimum Gasteiger partial charge on any atom is -0.348 e. The minimum absolute atomic E-state index is 0.00499. The molecular weight excluding hydrogens is 322 g/mol. The van der Waals surface area contributed by atoms with Gasteiger partial charge in [0.1, 0.15) is 6.07 Å². The highest BCUT2D eigenvalue weighted by molar-refractivity contribution is 7.89. The van der Waals surface area contributed by atoms with E-state index in [0.717, 1.165) is 22.2 Å². The normalized spacial score (nSPS) is 11.5. The second-order valence-electron chi connectivity index (χ2n) is 5.57. The number of hydrogen-bond acceptors (Lipinski definition) is 3. The number of nitrogens with zero attached hydrogens (tertiary/aromatic N) is 2. The van der Waals surface area contributed by atoms with Crippen LogP contribution in [0.5, 0.6) is 0 Å². The van der Waals surface area contributed by atoms with Crippen LogP contribution < -0.4 is 4.72 Å². The number of sulfonamides is 1. The SMILES string of the molecule is Cc1c(CNS(=O)(=O)c2ccccc2C#N)c2ccccc2n1C. The van der Waals surface area contributed by atoms with E-state index in [2.05, 4.69) is 4.72 Å². The van der Waals surface area contributed by atoms with Crippen molar-refractivity contribution in [2.24, 2.45) is 7.05 Å². The molecule has 0 atom stereocenters. The Labute approximate surface area is 141 Å². The highest BCUT2D eigenvalue weighted by Gasteiger charge is 2.19. The first-order valence-electron chi connectivity index (χ1n) is 7.47. The number of para-hydroxylation sites is 1. The zero-order valence-corrected chi connectivity index (χ0v) is 14.3. The Morgan fingerprint density at radius 3 is 2.54 bits per heavy atom. The largest absolute Gasteiger partial charge is 0.348 e. The summed E-state index contributed by atoms with van der Waals surface area (Å²) in [6.07, 6.45) is 0. The average molecular weight is 339 g/mol. The van der Waals surface area contributed by atoms with Crippen molar-refractivity contribution in [1.82, 2.24) is 9.29 Å². The standard InChI is InChI=1S/C18H17N3O2S/c1-13-16(15-8-4-5-9-17(15)21(13)2)12-20-24(22,23)18-10-6-3-7-14(18)11-19/h3-10,20H,12H2,1-2H3. The van der Waals surface area contributed by atoms with E-state index < -0.39 is 10.0 Å². The van der Waals surface area contributed by atoms with Crippen LogP contribution in [-0.4, -0.2) is 13.0 Å². The molecule has 1 heterocycles. The van der Waals surface area contributed by atoms with Crippen molar-refractivity contribution >= 4 is 20.9 Å². The molecular formula is C18H17N3O2S. The molecule has 0 aliphatic rings. The molecule has 0 saturated carbocycles. The number of benzene rings is 2. The van der Waals surface area contributed by atoms with Gasteiger partial charge in [0.15, 0.2) is 0 Å². The highest BCUT2D eigenvalue weighted by Crippen LogP contribution is 2.25. The van der Waals surface area contributed by atoms with Crippen molar-refractivity contribution in [3.05, 3.63) is 65.4 Å². The Hall–Kier alpha value is -2.62. The number of rotatable bonds is 4. The van der Waals surface area contributed by atoms with E-state index in [1.54, 1.807) is 12.1 Å². The molecule has 1 aromatic heterocycles. The predicted molar refractivity (Wildman–Crippen MR) is 92.8 cm³/mol. The summed E-state index contributed by atoms with van der Waals surface area (Å²) in [7, 11) is -1.80. The molecule has 6 heteroatoms. The lowest BCUT2D eigenvalue weighted by molar-refractivity contribution is 0.581. The molecule has 122 valence electrons. The van der Waals surface area contributed by atoms with E-state index in [-0.39, 0.29) is 17.0 Å². The van der Waals surface area contributed by atoms with Gasteiger partial charge in [-0.3, -0.25) is 0 Å². The van der Waals surface area contributed by atoms with Gasteiger partial charge < -0.3 is 4.57 Å². The van der Waals surface area contributed by atoms with E-state index in [1.165, 1.54) is 12.1 Å². The topological polar surface area (TPSA) is 74.9 Å². The summed E-state index contributed by atoms with van der Waals surface area (Å²) in [5, 5.41) is 10.1. The molecule has 0 radical (unpaired) electrons. The van der Waals surface area contributed by atoms with E-state index in [9.17, 15) is 8.42 Å². The second-order valence-corrected chi connectivity index (χ2v) is 7.31. The molecule has 2 aromatic carbocycles. The summed E-state index contributed by atoms with van der Waals surface area (Å²) in [4.78, 5) is 0.00499. The van der Waals surface area contributed by atoms with Gasteiger partial charge in [-0.05, 0) is 30.7 Å². The van der Waals surface area contributed by atoms with Crippen LogP contribution in [-0.2, 0) is 23.6 Å².